The second kappa shape index (κ2) is 7.83. The first-order valence-corrected chi connectivity index (χ1v) is 9.13. The topological polar surface area (TPSA) is 104 Å². The molecule has 2 heterocycles. The number of rotatable bonds is 9. The molecule has 0 aliphatic heterocycles. The number of hydrogen-bond acceptors (Lipinski definition) is 7. The molecule has 0 aliphatic rings. The SMILES string of the molecule is CCOP(=O)(C[C@H](O)Cn1cc(-c2cncn2C)nn1)OCC. The number of aromatic nitrogens is 5. The molecule has 0 fully saturated rings. The molecule has 0 aliphatic carbocycles. The summed E-state index contributed by atoms with van der Waals surface area (Å²) in [4.78, 5) is 4.02. The van der Waals surface area contributed by atoms with Crippen molar-refractivity contribution in [2.75, 3.05) is 19.4 Å². The van der Waals surface area contributed by atoms with Gasteiger partial charge in [-0.3, -0.25) is 4.57 Å². The Labute approximate surface area is 134 Å². The Morgan fingerprint density at radius 2 is 2.04 bits per heavy atom. The molecular formula is C13H22N5O4P. The molecule has 0 saturated heterocycles. The van der Waals surface area contributed by atoms with Crippen LogP contribution in [-0.2, 0) is 27.2 Å². The number of imidazole rings is 1. The molecule has 2 rings (SSSR count). The largest absolute Gasteiger partial charge is 0.391 e. The summed E-state index contributed by atoms with van der Waals surface area (Å²) < 4.78 is 26.1. The van der Waals surface area contributed by atoms with Crippen molar-refractivity contribution in [3.05, 3.63) is 18.7 Å². The maximum absolute atomic E-state index is 12.4. The maximum atomic E-state index is 12.4. The average Bonchev–Trinajstić information content (AvgIpc) is 3.07. The van der Waals surface area contributed by atoms with Crippen molar-refractivity contribution in [2.24, 2.45) is 7.05 Å². The van der Waals surface area contributed by atoms with Crippen molar-refractivity contribution >= 4 is 7.60 Å². The molecular weight excluding hydrogens is 321 g/mol. The molecule has 0 bridgehead atoms. The van der Waals surface area contributed by atoms with Crippen LogP contribution in [0.4, 0.5) is 0 Å². The minimum Gasteiger partial charge on any atom is -0.391 e. The van der Waals surface area contributed by atoms with Crippen LogP contribution in [0.2, 0.25) is 0 Å². The van der Waals surface area contributed by atoms with Crippen LogP contribution in [0.25, 0.3) is 11.4 Å². The fourth-order valence-electron chi connectivity index (χ4n) is 2.18. The van der Waals surface area contributed by atoms with Crippen molar-refractivity contribution in [3.8, 4) is 11.4 Å². The molecule has 0 spiro atoms. The molecule has 0 amide bonds. The first-order chi connectivity index (χ1) is 11.0. The lowest BCUT2D eigenvalue weighted by atomic mass is 10.3. The summed E-state index contributed by atoms with van der Waals surface area (Å²) >= 11 is 0. The molecule has 10 heteroatoms. The van der Waals surface area contributed by atoms with Crippen molar-refractivity contribution in [1.29, 1.82) is 0 Å². The summed E-state index contributed by atoms with van der Waals surface area (Å²) in [5, 5.41) is 18.2. The number of aliphatic hydroxyl groups is 1. The molecule has 9 nitrogen and oxygen atoms in total. The van der Waals surface area contributed by atoms with Gasteiger partial charge in [0.2, 0.25) is 0 Å². The summed E-state index contributed by atoms with van der Waals surface area (Å²) in [5.41, 5.74) is 1.47. The summed E-state index contributed by atoms with van der Waals surface area (Å²) in [6.45, 7) is 4.14. The lowest BCUT2D eigenvalue weighted by Crippen LogP contribution is -2.22. The summed E-state index contributed by atoms with van der Waals surface area (Å²) in [7, 11) is -1.43. The smallest absolute Gasteiger partial charge is 0.333 e. The third-order valence-electron chi connectivity index (χ3n) is 3.10. The number of nitrogens with zero attached hydrogens (tertiary/aromatic N) is 5. The zero-order valence-electron chi connectivity index (χ0n) is 13.5. The second-order valence-electron chi connectivity index (χ2n) is 5.00. The fourth-order valence-corrected chi connectivity index (χ4v) is 3.88. The molecule has 0 aromatic carbocycles. The van der Waals surface area contributed by atoms with Gasteiger partial charge >= 0.3 is 7.60 Å². The maximum Gasteiger partial charge on any atom is 0.333 e. The van der Waals surface area contributed by atoms with E-state index in [-0.39, 0.29) is 25.9 Å². The third-order valence-corrected chi connectivity index (χ3v) is 5.27. The van der Waals surface area contributed by atoms with E-state index >= 15 is 0 Å². The van der Waals surface area contributed by atoms with Crippen LogP contribution in [-0.4, -0.2) is 55.1 Å². The number of hydrogen-bond donors (Lipinski definition) is 1. The lowest BCUT2D eigenvalue weighted by molar-refractivity contribution is 0.150. The molecule has 0 radical (unpaired) electrons. The molecule has 128 valence electrons. The van der Waals surface area contributed by atoms with E-state index < -0.39 is 13.7 Å². The van der Waals surface area contributed by atoms with Crippen LogP contribution >= 0.6 is 7.60 Å². The molecule has 1 N–H and O–H groups in total. The highest BCUT2D eigenvalue weighted by atomic mass is 31.2. The van der Waals surface area contributed by atoms with Crippen LogP contribution in [0.1, 0.15) is 13.8 Å². The molecule has 23 heavy (non-hydrogen) atoms. The average molecular weight is 343 g/mol. The van der Waals surface area contributed by atoms with Gasteiger partial charge in [0.15, 0.2) is 0 Å². The van der Waals surface area contributed by atoms with Gasteiger partial charge in [-0.15, -0.1) is 5.10 Å². The molecule has 0 unspecified atom stereocenters. The zero-order chi connectivity index (χ0) is 16.9. The van der Waals surface area contributed by atoms with Crippen molar-refractivity contribution in [1.82, 2.24) is 24.5 Å². The van der Waals surface area contributed by atoms with Gasteiger partial charge in [-0.05, 0) is 13.8 Å². The highest BCUT2D eigenvalue weighted by Gasteiger charge is 2.28. The van der Waals surface area contributed by atoms with E-state index in [0.717, 1.165) is 5.69 Å². The van der Waals surface area contributed by atoms with Gasteiger partial charge in [-0.25, -0.2) is 9.67 Å². The summed E-state index contributed by atoms with van der Waals surface area (Å²) in [6.07, 6.45) is 4.05. The highest BCUT2D eigenvalue weighted by Crippen LogP contribution is 2.48. The standard InChI is InChI=1S/C13H22N5O4P/c1-4-21-23(20,22-5-2)9-11(19)7-18-8-12(15-16-18)13-6-14-10-17(13)3/h6,8,10-11,19H,4-5,7,9H2,1-3H3/t11-/m1/s1. The Kier molecular flexibility index (Phi) is 6.06. The minimum absolute atomic E-state index is 0.0877. The highest BCUT2D eigenvalue weighted by molar-refractivity contribution is 7.53. The fraction of sp³-hybridized carbons (Fsp3) is 0.615. The quantitative estimate of drug-likeness (QED) is 0.684. The Hall–Kier alpha value is -1.54. The van der Waals surface area contributed by atoms with Crippen LogP contribution in [0.5, 0.6) is 0 Å². The molecule has 0 saturated carbocycles. The van der Waals surface area contributed by atoms with E-state index in [1.165, 1.54) is 4.68 Å². The third kappa shape index (κ3) is 4.71. The minimum atomic E-state index is -3.29. The molecule has 1 atom stereocenters. The zero-order valence-corrected chi connectivity index (χ0v) is 14.4. The van der Waals surface area contributed by atoms with Crippen molar-refractivity contribution in [3.63, 3.8) is 0 Å². The first kappa shape index (κ1) is 17.8. The van der Waals surface area contributed by atoms with E-state index in [9.17, 15) is 9.67 Å². The van der Waals surface area contributed by atoms with E-state index in [1.807, 2.05) is 11.6 Å². The predicted octanol–water partition coefficient (Wildman–Crippen LogP) is 1.31. The Balaban J connectivity index is 2.00. The van der Waals surface area contributed by atoms with Crippen LogP contribution in [0.3, 0.4) is 0 Å². The van der Waals surface area contributed by atoms with Crippen LogP contribution in [0, 0.1) is 0 Å². The van der Waals surface area contributed by atoms with E-state index in [1.54, 1.807) is 32.6 Å². The molecule has 2 aromatic heterocycles. The van der Waals surface area contributed by atoms with Gasteiger partial charge in [0.25, 0.3) is 0 Å². The van der Waals surface area contributed by atoms with Gasteiger partial charge in [0.1, 0.15) is 5.69 Å². The Bertz CT molecular complexity index is 661. The van der Waals surface area contributed by atoms with Crippen molar-refractivity contribution in [2.45, 2.75) is 26.5 Å². The number of aryl methyl sites for hydroxylation is 1. The van der Waals surface area contributed by atoms with Gasteiger partial charge in [0.05, 0.1) is 56.4 Å². The number of aliphatic hydroxyl groups excluding tert-OH is 1. The second-order valence-corrected chi connectivity index (χ2v) is 7.10. The first-order valence-electron chi connectivity index (χ1n) is 7.40. The summed E-state index contributed by atoms with van der Waals surface area (Å²) in [5.74, 6) is 0. The van der Waals surface area contributed by atoms with E-state index in [4.69, 9.17) is 9.05 Å². The van der Waals surface area contributed by atoms with Crippen LogP contribution in [0.15, 0.2) is 18.7 Å². The monoisotopic (exact) mass is 343 g/mol. The van der Waals surface area contributed by atoms with E-state index in [0.29, 0.717) is 5.69 Å². The van der Waals surface area contributed by atoms with Gasteiger partial charge in [-0.1, -0.05) is 5.21 Å². The Morgan fingerprint density at radius 3 is 2.61 bits per heavy atom. The van der Waals surface area contributed by atoms with Crippen LogP contribution < -0.4 is 0 Å². The van der Waals surface area contributed by atoms with Gasteiger partial charge < -0.3 is 18.7 Å². The normalized spacial score (nSPS) is 13.4. The van der Waals surface area contributed by atoms with Gasteiger partial charge in [0, 0.05) is 7.05 Å². The predicted molar refractivity (Wildman–Crippen MR) is 84.0 cm³/mol. The summed E-state index contributed by atoms with van der Waals surface area (Å²) in [6, 6.07) is 0. The van der Waals surface area contributed by atoms with Crippen molar-refractivity contribution < 1.29 is 18.7 Å². The Morgan fingerprint density at radius 1 is 1.35 bits per heavy atom. The lowest BCUT2D eigenvalue weighted by Gasteiger charge is -2.19. The van der Waals surface area contributed by atoms with E-state index in [2.05, 4.69) is 15.3 Å². The molecule has 2 aromatic rings. The van der Waals surface area contributed by atoms with Gasteiger partial charge in [-0.2, -0.15) is 0 Å².